The molecule has 6 heteroatoms. The topological polar surface area (TPSA) is 58.6 Å². The summed E-state index contributed by atoms with van der Waals surface area (Å²) >= 11 is 6.81. The van der Waals surface area contributed by atoms with E-state index in [1.165, 1.54) is 31.4 Å². The minimum Gasteiger partial charge on any atom is -0.455 e. The summed E-state index contributed by atoms with van der Waals surface area (Å²) in [4.78, 5) is 27.5. The van der Waals surface area contributed by atoms with Crippen molar-refractivity contribution in [1.82, 2.24) is 0 Å². The van der Waals surface area contributed by atoms with Gasteiger partial charge in [-0.05, 0) is 93.9 Å². The zero-order valence-corrected chi connectivity index (χ0v) is 18.3. The van der Waals surface area contributed by atoms with E-state index in [-0.39, 0.29) is 23.4 Å². The fourth-order valence-corrected chi connectivity index (χ4v) is 7.47. The first-order valence-electron chi connectivity index (χ1n) is 11.4. The lowest BCUT2D eigenvalue weighted by atomic mass is 9.49. The molecule has 1 saturated heterocycles. The third kappa shape index (κ3) is 3.93. The molecule has 0 spiro atoms. The Morgan fingerprint density at radius 1 is 1.03 bits per heavy atom. The number of anilines is 2. The first-order chi connectivity index (χ1) is 14.4. The summed E-state index contributed by atoms with van der Waals surface area (Å²) in [6.45, 7) is 1.95. The molecular weight excluding hydrogens is 400 g/mol. The Labute approximate surface area is 183 Å². The van der Waals surface area contributed by atoms with Gasteiger partial charge in [-0.25, -0.2) is 0 Å². The summed E-state index contributed by atoms with van der Waals surface area (Å²) in [5.74, 6) is 0.545. The predicted molar refractivity (Wildman–Crippen MR) is 118 cm³/mol. The molecule has 162 valence electrons. The molecule has 30 heavy (non-hydrogen) atoms. The minimum absolute atomic E-state index is 0.225. The summed E-state index contributed by atoms with van der Waals surface area (Å²) in [6, 6.07) is 7.92. The second kappa shape index (κ2) is 7.74. The van der Waals surface area contributed by atoms with Crippen LogP contribution in [0.25, 0.3) is 0 Å². The van der Waals surface area contributed by atoms with Crippen molar-refractivity contribution >= 4 is 34.9 Å². The standard InChI is InChI=1S/C24H31ClN2O3/c25-24-13-17-10-18(14-24)12-23(11-17,16-24)22(29)30-15-21(28)26-19-4-6-20(7-5-19)27-8-2-1-3-9-27/h4-7,17-18H,1-3,8-16H2,(H,26,28)/t17-,18+,23?,24?. The van der Waals surface area contributed by atoms with Crippen molar-refractivity contribution in [1.29, 1.82) is 0 Å². The molecule has 4 atom stereocenters. The Bertz CT molecular complexity index is 804. The van der Waals surface area contributed by atoms with Crippen LogP contribution < -0.4 is 10.2 Å². The zero-order valence-electron chi connectivity index (χ0n) is 17.5. The summed E-state index contributed by atoms with van der Waals surface area (Å²) in [6.07, 6.45) is 9.45. The molecule has 1 N–H and O–H groups in total. The Balaban J connectivity index is 1.14. The highest BCUT2D eigenvalue weighted by Gasteiger charge is 2.60. The Morgan fingerprint density at radius 2 is 1.70 bits per heavy atom. The quantitative estimate of drug-likeness (QED) is 0.541. The Morgan fingerprint density at radius 3 is 2.33 bits per heavy atom. The number of benzene rings is 1. The lowest BCUT2D eigenvalue weighted by Crippen LogP contribution is -2.56. The van der Waals surface area contributed by atoms with Crippen LogP contribution in [0.1, 0.15) is 57.8 Å². The summed E-state index contributed by atoms with van der Waals surface area (Å²) in [5, 5.41) is 2.85. The Hall–Kier alpha value is -1.75. The maximum absolute atomic E-state index is 12.9. The molecule has 4 saturated carbocycles. The number of piperidine rings is 1. The van der Waals surface area contributed by atoms with Gasteiger partial charge in [0.1, 0.15) is 0 Å². The Kier molecular flexibility index (Phi) is 5.20. The molecule has 5 aliphatic rings. The molecule has 1 aromatic carbocycles. The molecule has 0 aromatic heterocycles. The molecule has 5 nitrogen and oxygen atoms in total. The number of rotatable bonds is 5. The number of halogens is 1. The van der Waals surface area contributed by atoms with Crippen LogP contribution in [0.2, 0.25) is 0 Å². The van der Waals surface area contributed by atoms with Crippen LogP contribution in [-0.2, 0) is 14.3 Å². The van der Waals surface area contributed by atoms with Gasteiger partial charge in [0, 0.05) is 29.3 Å². The van der Waals surface area contributed by atoms with E-state index in [0.717, 1.165) is 44.5 Å². The molecule has 1 heterocycles. The fourth-order valence-electron chi connectivity index (χ4n) is 6.78. The van der Waals surface area contributed by atoms with E-state index in [1.54, 1.807) is 0 Å². The number of amides is 1. The SMILES string of the molecule is O=C(COC(=O)C12C[C@@H]3C[C@@H](CC(Cl)(C3)C1)C2)Nc1ccc(N2CCCCC2)cc1. The van der Waals surface area contributed by atoms with Gasteiger partial charge in [0.05, 0.1) is 5.41 Å². The minimum atomic E-state index is -0.470. The third-order valence-corrected chi connectivity index (χ3v) is 8.07. The lowest BCUT2D eigenvalue weighted by molar-refractivity contribution is -0.171. The molecule has 5 fully saturated rings. The van der Waals surface area contributed by atoms with Gasteiger partial charge in [0.2, 0.25) is 0 Å². The number of ether oxygens (including phenoxy) is 1. The number of esters is 1. The fraction of sp³-hybridized carbons (Fsp3) is 0.667. The van der Waals surface area contributed by atoms with Crippen LogP contribution in [0, 0.1) is 17.3 Å². The van der Waals surface area contributed by atoms with Gasteiger partial charge in [0.25, 0.3) is 5.91 Å². The summed E-state index contributed by atoms with van der Waals surface area (Å²) < 4.78 is 5.51. The van der Waals surface area contributed by atoms with E-state index in [2.05, 4.69) is 10.2 Å². The molecule has 0 radical (unpaired) electrons. The van der Waals surface area contributed by atoms with E-state index in [1.807, 2.05) is 24.3 Å². The van der Waals surface area contributed by atoms with Crippen molar-refractivity contribution in [3.05, 3.63) is 24.3 Å². The van der Waals surface area contributed by atoms with Crippen LogP contribution in [-0.4, -0.2) is 36.4 Å². The monoisotopic (exact) mass is 430 g/mol. The molecule has 6 rings (SSSR count). The summed E-state index contributed by atoms with van der Waals surface area (Å²) in [7, 11) is 0. The van der Waals surface area contributed by atoms with E-state index < -0.39 is 5.41 Å². The van der Waals surface area contributed by atoms with Gasteiger partial charge in [-0.15, -0.1) is 11.6 Å². The van der Waals surface area contributed by atoms with Crippen LogP contribution in [0.3, 0.4) is 0 Å². The molecule has 1 aromatic rings. The number of nitrogens with zero attached hydrogens (tertiary/aromatic N) is 1. The number of nitrogens with one attached hydrogen (secondary N) is 1. The first-order valence-corrected chi connectivity index (χ1v) is 11.8. The number of carbonyl (C=O) groups excluding carboxylic acids is 2. The largest absolute Gasteiger partial charge is 0.455 e. The van der Waals surface area contributed by atoms with E-state index in [9.17, 15) is 9.59 Å². The van der Waals surface area contributed by atoms with Crippen molar-refractivity contribution < 1.29 is 14.3 Å². The van der Waals surface area contributed by atoms with Crippen molar-refractivity contribution in [3.63, 3.8) is 0 Å². The maximum atomic E-state index is 12.9. The summed E-state index contributed by atoms with van der Waals surface area (Å²) in [5.41, 5.74) is 1.45. The van der Waals surface area contributed by atoms with E-state index in [0.29, 0.717) is 18.3 Å². The van der Waals surface area contributed by atoms with Gasteiger partial charge in [-0.3, -0.25) is 9.59 Å². The van der Waals surface area contributed by atoms with E-state index in [4.69, 9.17) is 16.3 Å². The second-order valence-corrected chi connectivity index (χ2v) is 10.9. The highest BCUT2D eigenvalue weighted by atomic mass is 35.5. The number of alkyl halides is 1. The van der Waals surface area contributed by atoms with E-state index >= 15 is 0 Å². The van der Waals surface area contributed by atoms with Gasteiger partial charge in [-0.1, -0.05) is 0 Å². The second-order valence-electron chi connectivity index (χ2n) is 10.1. The van der Waals surface area contributed by atoms with Crippen LogP contribution in [0.5, 0.6) is 0 Å². The van der Waals surface area contributed by atoms with Crippen molar-refractivity contribution in [2.75, 3.05) is 29.9 Å². The van der Waals surface area contributed by atoms with Crippen LogP contribution in [0.15, 0.2) is 24.3 Å². The average molecular weight is 431 g/mol. The normalized spacial score (nSPS) is 34.6. The highest BCUT2D eigenvalue weighted by molar-refractivity contribution is 6.24. The predicted octanol–water partition coefficient (Wildman–Crippen LogP) is 4.74. The lowest BCUT2D eigenvalue weighted by Gasteiger charge is -2.58. The molecule has 1 aliphatic heterocycles. The van der Waals surface area contributed by atoms with Gasteiger partial charge >= 0.3 is 5.97 Å². The van der Waals surface area contributed by atoms with Crippen LogP contribution in [0.4, 0.5) is 11.4 Å². The zero-order chi connectivity index (χ0) is 20.8. The molecule has 4 aliphatic carbocycles. The van der Waals surface area contributed by atoms with Crippen molar-refractivity contribution in [2.45, 2.75) is 62.7 Å². The number of hydrogen-bond acceptors (Lipinski definition) is 4. The number of hydrogen-bond donors (Lipinski definition) is 1. The smallest absolute Gasteiger partial charge is 0.312 e. The molecule has 4 bridgehead atoms. The van der Waals surface area contributed by atoms with Crippen molar-refractivity contribution in [2.24, 2.45) is 17.3 Å². The van der Waals surface area contributed by atoms with Crippen molar-refractivity contribution in [3.8, 4) is 0 Å². The van der Waals surface area contributed by atoms with Crippen LogP contribution >= 0.6 is 11.6 Å². The molecule has 2 unspecified atom stereocenters. The van der Waals surface area contributed by atoms with Gasteiger partial charge in [0.15, 0.2) is 6.61 Å². The highest BCUT2D eigenvalue weighted by Crippen LogP contribution is 2.64. The molecular formula is C24H31ClN2O3. The maximum Gasteiger partial charge on any atom is 0.312 e. The third-order valence-electron chi connectivity index (χ3n) is 7.63. The first kappa shape index (κ1) is 20.2. The molecule has 1 amide bonds. The van der Waals surface area contributed by atoms with Gasteiger partial charge in [-0.2, -0.15) is 0 Å². The average Bonchev–Trinajstić information content (AvgIpc) is 2.71. The van der Waals surface area contributed by atoms with Gasteiger partial charge < -0.3 is 15.0 Å². The number of carbonyl (C=O) groups is 2.